The number of piperidine rings is 1. The molecular formula is C17H28N2O2. The van der Waals surface area contributed by atoms with Crippen LogP contribution >= 0.6 is 0 Å². The van der Waals surface area contributed by atoms with Crippen molar-refractivity contribution in [1.29, 1.82) is 0 Å². The highest BCUT2D eigenvalue weighted by Gasteiger charge is 2.25. The van der Waals surface area contributed by atoms with Gasteiger partial charge in [-0.05, 0) is 43.0 Å². The molecule has 0 bridgehead atoms. The second-order valence-electron chi connectivity index (χ2n) is 5.89. The number of benzene rings is 1. The number of ether oxygens (including phenoxy) is 2. The van der Waals surface area contributed by atoms with E-state index in [0.717, 1.165) is 37.4 Å². The summed E-state index contributed by atoms with van der Waals surface area (Å²) in [5.41, 5.74) is 6.71. The first-order chi connectivity index (χ1) is 10.2. The molecule has 4 nitrogen and oxygen atoms in total. The Bertz CT molecular complexity index is 408. The van der Waals surface area contributed by atoms with Gasteiger partial charge in [0.1, 0.15) is 5.75 Å². The Kier molecular flexibility index (Phi) is 6.49. The summed E-state index contributed by atoms with van der Waals surface area (Å²) < 4.78 is 11.3. The standard InChI is InChI=1S/C17H28N2O2/c1-14-8-10-19(13-17(14)20-2)9-3-11-21-16-6-4-15(12-18)5-7-16/h4-7,14,17H,3,8-13,18H2,1-2H3. The van der Waals surface area contributed by atoms with Crippen molar-refractivity contribution < 1.29 is 9.47 Å². The molecule has 2 atom stereocenters. The van der Waals surface area contributed by atoms with E-state index in [2.05, 4.69) is 11.8 Å². The molecular weight excluding hydrogens is 264 g/mol. The molecule has 4 heteroatoms. The first-order valence-electron chi connectivity index (χ1n) is 7.90. The van der Waals surface area contributed by atoms with Crippen molar-refractivity contribution in [2.75, 3.05) is 33.4 Å². The van der Waals surface area contributed by atoms with E-state index in [-0.39, 0.29) is 0 Å². The summed E-state index contributed by atoms with van der Waals surface area (Å²) in [5.74, 6) is 1.60. The molecule has 2 N–H and O–H groups in total. The highest BCUT2D eigenvalue weighted by atomic mass is 16.5. The minimum absolute atomic E-state index is 0.378. The van der Waals surface area contributed by atoms with Gasteiger partial charge < -0.3 is 20.1 Å². The molecule has 1 fully saturated rings. The summed E-state index contributed by atoms with van der Waals surface area (Å²) in [6.45, 7) is 6.90. The van der Waals surface area contributed by atoms with Crippen LogP contribution in [0, 0.1) is 5.92 Å². The molecule has 0 aromatic heterocycles. The van der Waals surface area contributed by atoms with Crippen molar-refractivity contribution in [1.82, 2.24) is 4.90 Å². The Morgan fingerprint density at radius 2 is 2.05 bits per heavy atom. The van der Waals surface area contributed by atoms with Gasteiger partial charge in [0, 0.05) is 26.7 Å². The number of nitrogens with two attached hydrogens (primary N) is 1. The molecule has 2 unspecified atom stereocenters. The van der Waals surface area contributed by atoms with E-state index in [1.54, 1.807) is 0 Å². The van der Waals surface area contributed by atoms with Crippen LogP contribution in [-0.2, 0) is 11.3 Å². The molecule has 1 heterocycles. The Hall–Kier alpha value is -1.10. The lowest BCUT2D eigenvalue weighted by Gasteiger charge is -2.36. The van der Waals surface area contributed by atoms with Crippen molar-refractivity contribution >= 4 is 0 Å². The van der Waals surface area contributed by atoms with E-state index in [4.69, 9.17) is 15.2 Å². The zero-order valence-corrected chi connectivity index (χ0v) is 13.3. The highest BCUT2D eigenvalue weighted by molar-refractivity contribution is 5.26. The van der Waals surface area contributed by atoms with E-state index in [1.165, 1.54) is 13.0 Å². The topological polar surface area (TPSA) is 47.7 Å². The van der Waals surface area contributed by atoms with Gasteiger partial charge in [0.15, 0.2) is 0 Å². The van der Waals surface area contributed by atoms with Crippen LogP contribution in [0.4, 0.5) is 0 Å². The molecule has 1 saturated heterocycles. The minimum atomic E-state index is 0.378. The van der Waals surface area contributed by atoms with Crippen LogP contribution < -0.4 is 10.5 Å². The molecule has 1 aliphatic heterocycles. The Morgan fingerprint density at radius 1 is 1.29 bits per heavy atom. The van der Waals surface area contributed by atoms with Gasteiger partial charge in [-0.2, -0.15) is 0 Å². The van der Waals surface area contributed by atoms with E-state index in [1.807, 2.05) is 31.4 Å². The molecule has 0 spiro atoms. The van der Waals surface area contributed by atoms with Crippen molar-refractivity contribution in [2.24, 2.45) is 11.7 Å². The monoisotopic (exact) mass is 292 g/mol. The maximum Gasteiger partial charge on any atom is 0.119 e. The molecule has 118 valence electrons. The molecule has 0 saturated carbocycles. The van der Waals surface area contributed by atoms with E-state index < -0.39 is 0 Å². The molecule has 1 aliphatic rings. The lowest BCUT2D eigenvalue weighted by molar-refractivity contribution is -0.00593. The Morgan fingerprint density at radius 3 is 2.71 bits per heavy atom. The van der Waals surface area contributed by atoms with Gasteiger partial charge in [-0.3, -0.25) is 0 Å². The van der Waals surface area contributed by atoms with E-state index in [0.29, 0.717) is 18.6 Å². The zero-order chi connectivity index (χ0) is 15.1. The first kappa shape index (κ1) is 16.3. The number of methoxy groups -OCH3 is 1. The normalized spacial score (nSPS) is 23.2. The molecule has 1 aromatic rings. The molecule has 21 heavy (non-hydrogen) atoms. The van der Waals surface area contributed by atoms with Gasteiger partial charge in [0.05, 0.1) is 12.7 Å². The third-order valence-electron chi connectivity index (χ3n) is 4.32. The van der Waals surface area contributed by atoms with Gasteiger partial charge in [-0.25, -0.2) is 0 Å². The van der Waals surface area contributed by atoms with Crippen LogP contribution in [0.25, 0.3) is 0 Å². The third kappa shape index (κ3) is 4.99. The molecule has 0 amide bonds. The number of likely N-dealkylation sites (tertiary alicyclic amines) is 1. The second kappa shape index (κ2) is 8.37. The number of rotatable bonds is 7. The minimum Gasteiger partial charge on any atom is -0.494 e. The smallest absolute Gasteiger partial charge is 0.119 e. The average Bonchev–Trinajstić information content (AvgIpc) is 2.53. The Labute approximate surface area is 128 Å². The summed E-state index contributed by atoms with van der Waals surface area (Å²) in [6, 6.07) is 8.02. The first-order valence-corrected chi connectivity index (χ1v) is 7.90. The molecule has 1 aromatic carbocycles. The number of nitrogens with zero attached hydrogens (tertiary/aromatic N) is 1. The van der Waals surface area contributed by atoms with Crippen LogP contribution in [0.15, 0.2) is 24.3 Å². The van der Waals surface area contributed by atoms with Gasteiger partial charge in [-0.1, -0.05) is 19.1 Å². The van der Waals surface area contributed by atoms with Crippen molar-refractivity contribution in [3.8, 4) is 5.75 Å². The van der Waals surface area contributed by atoms with Crippen molar-refractivity contribution in [3.05, 3.63) is 29.8 Å². The lowest BCUT2D eigenvalue weighted by atomic mass is 9.96. The predicted octanol–water partition coefficient (Wildman–Crippen LogP) is 2.27. The fourth-order valence-corrected chi connectivity index (χ4v) is 2.81. The van der Waals surface area contributed by atoms with Crippen molar-refractivity contribution in [3.63, 3.8) is 0 Å². The van der Waals surface area contributed by atoms with Gasteiger partial charge in [0.25, 0.3) is 0 Å². The molecule has 2 rings (SSSR count). The summed E-state index contributed by atoms with van der Waals surface area (Å²) >= 11 is 0. The number of hydrogen-bond acceptors (Lipinski definition) is 4. The van der Waals surface area contributed by atoms with Crippen LogP contribution in [0.2, 0.25) is 0 Å². The maximum absolute atomic E-state index is 5.77. The average molecular weight is 292 g/mol. The van der Waals surface area contributed by atoms with Crippen LogP contribution in [0.1, 0.15) is 25.3 Å². The summed E-state index contributed by atoms with van der Waals surface area (Å²) in [5, 5.41) is 0. The summed E-state index contributed by atoms with van der Waals surface area (Å²) in [6.07, 6.45) is 2.65. The fraction of sp³-hybridized carbons (Fsp3) is 0.647. The lowest BCUT2D eigenvalue weighted by Crippen LogP contribution is -2.44. The maximum atomic E-state index is 5.77. The van der Waals surface area contributed by atoms with E-state index >= 15 is 0 Å². The summed E-state index contributed by atoms with van der Waals surface area (Å²) in [4.78, 5) is 2.48. The van der Waals surface area contributed by atoms with Crippen LogP contribution in [0.3, 0.4) is 0 Å². The SMILES string of the molecule is COC1CN(CCCOc2ccc(CN)cc2)CCC1C. The van der Waals surface area contributed by atoms with Gasteiger partial charge >= 0.3 is 0 Å². The van der Waals surface area contributed by atoms with Gasteiger partial charge in [0.2, 0.25) is 0 Å². The molecule has 0 aliphatic carbocycles. The predicted molar refractivity (Wildman–Crippen MR) is 85.5 cm³/mol. The number of hydrogen-bond donors (Lipinski definition) is 1. The molecule has 0 radical (unpaired) electrons. The zero-order valence-electron chi connectivity index (χ0n) is 13.3. The largest absolute Gasteiger partial charge is 0.494 e. The Balaban J connectivity index is 1.65. The third-order valence-corrected chi connectivity index (χ3v) is 4.32. The quantitative estimate of drug-likeness (QED) is 0.783. The fourth-order valence-electron chi connectivity index (χ4n) is 2.81. The van der Waals surface area contributed by atoms with Crippen molar-refractivity contribution in [2.45, 2.75) is 32.4 Å². The van der Waals surface area contributed by atoms with Crippen LogP contribution in [0.5, 0.6) is 5.75 Å². The second-order valence-corrected chi connectivity index (χ2v) is 5.89. The highest BCUT2D eigenvalue weighted by Crippen LogP contribution is 2.19. The summed E-state index contributed by atoms with van der Waals surface area (Å²) in [7, 11) is 1.82. The van der Waals surface area contributed by atoms with E-state index in [9.17, 15) is 0 Å². The van der Waals surface area contributed by atoms with Crippen LogP contribution in [-0.4, -0.2) is 44.4 Å². The van der Waals surface area contributed by atoms with Gasteiger partial charge in [-0.15, -0.1) is 0 Å².